The number of hydrogen-bond donors (Lipinski definition) is 1. The van der Waals surface area contributed by atoms with Crippen molar-refractivity contribution in [2.45, 2.75) is 25.3 Å². The fourth-order valence-electron chi connectivity index (χ4n) is 2.69. The number of rotatable bonds is 2. The van der Waals surface area contributed by atoms with Gasteiger partial charge in [0.1, 0.15) is 11.6 Å². The van der Waals surface area contributed by atoms with Crippen LogP contribution in [0.4, 0.5) is 0 Å². The number of amides is 1. The SMILES string of the molecule is O=C(O)C1CCCCN1C(=O)c1cc2cc(Cl)ccc2o1. The van der Waals surface area contributed by atoms with Crippen LogP contribution in [0, 0.1) is 0 Å². The van der Waals surface area contributed by atoms with E-state index in [0.717, 1.165) is 18.2 Å². The third-order valence-electron chi connectivity index (χ3n) is 3.74. The van der Waals surface area contributed by atoms with Gasteiger partial charge in [-0.05, 0) is 43.5 Å². The molecule has 0 radical (unpaired) electrons. The smallest absolute Gasteiger partial charge is 0.326 e. The molecule has 1 unspecified atom stereocenters. The van der Waals surface area contributed by atoms with Crippen LogP contribution in [0.15, 0.2) is 28.7 Å². The largest absolute Gasteiger partial charge is 0.480 e. The van der Waals surface area contributed by atoms with Crippen LogP contribution < -0.4 is 0 Å². The van der Waals surface area contributed by atoms with Gasteiger partial charge in [0, 0.05) is 17.0 Å². The van der Waals surface area contributed by atoms with Crippen LogP contribution in [0.1, 0.15) is 29.8 Å². The van der Waals surface area contributed by atoms with E-state index in [4.69, 9.17) is 16.0 Å². The van der Waals surface area contributed by atoms with Crippen molar-refractivity contribution in [2.75, 3.05) is 6.54 Å². The summed E-state index contributed by atoms with van der Waals surface area (Å²) in [5.74, 6) is -1.20. The number of piperidine rings is 1. The van der Waals surface area contributed by atoms with Crippen molar-refractivity contribution >= 4 is 34.4 Å². The van der Waals surface area contributed by atoms with E-state index in [1.807, 2.05) is 0 Å². The van der Waals surface area contributed by atoms with E-state index < -0.39 is 12.0 Å². The highest BCUT2D eigenvalue weighted by molar-refractivity contribution is 6.31. The Morgan fingerprint density at radius 2 is 2.10 bits per heavy atom. The van der Waals surface area contributed by atoms with Gasteiger partial charge in [-0.25, -0.2) is 4.79 Å². The molecule has 1 aliphatic rings. The molecule has 6 heteroatoms. The highest BCUT2D eigenvalue weighted by Gasteiger charge is 2.33. The van der Waals surface area contributed by atoms with Crippen LogP contribution in [0.2, 0.25) is 5.02 Å². The van der Waals surface area contributed by atoms with Crippen molar-refractivity contribution in [3.05, 3.63) is 35.0 Å². The first kappa shape index (κ1) is 13.9. The van der Waals surface area contributed by atoms with Crippen molar-refractivity contribution in [1.29, 1.82) is 0 Å². The molecule has 1 aliphatic heterocycles. The molecule has 110 valence electrons. The maximum atomic E-state index is 12.5. The molecule has 0 saturated carbocycles. The summed E-state index contributed by atoms with van der Waals surface area (Å²) in [5.41, 5.74) is 0.562. The summed E-state index contributed by atoms with van der Waals surface area (Å²) in [6.45, 7) is 0.438. The lowest BCUT2D eigenvalue weighted by Gasteiger charge is -2.32. The van der Waals surface area contributed by atoms with E-state index >= 15 is 0 Å². The van der Waals surface area contributed by atoms with Crippen LogP contribution in [-0.2, 0) is 4.79 Å². The fourth-order valence-corrected chi connectivity index (χ4v) is 2.87. The average molecular weight is 308 g/mol. The Kier molecular flexibility index (Phi) is 3.59. The number of carbonyl (C=O) groups is 2. The van der Waals surface area contributed by atoms with Crippen LogP contribution in [0.3, 0.4) is 0 Å². The highest BCUT2D eigenvalue weighted by atomic mass is 35.5. The number of halogens is 1. The Bertz CT molecular complexity index is 709. The number of carbonyl (C=O) groups excluding carboxylic acids is 1. The van der Waals surface area contributed by atoms with Crippen LogP contribution in [0.25, 0.3) is 11.0 Å². The predicted octanol–water partition coefficient (Wildman–Crippen LogP) is 3.17. The summed E-state index contributed by atoms with van der Waals surface area (Å²) < 4.78 is 5.52. The molecular formula is C15H14ClNO4. The number of aliphatic carboxylic acids is 1. The molecule has 1 amide bonds. The van der Waals surface area contributed by atoms with Gasteiger partial charge in [-0.3, -0.25) is 4.79 Å². The number of hydrogen-bond acceptors (Lipinski definition) is 3. The molecule has 3 rings (SSSR count). The summed E-state index contributed by atoms with van der Waals surface area (Å²) in [6.07, 6.45) is 2.10. The van der Waals surface area contributed by atoms with E-state index in [0.29, 0.717) is 23.6 Å². The first-order valence-electron chi connectivity index (χ1n) is 6.79. The van der Waals surface area contributed by atoms with Gasteiger partial charge >= 0.3 is 5.97 Å². The van der Waals surface area contributed by atoms with Crippen molar-refractivity contribution in [3.63, 3.8) is 0 Å². The molecule has 0 bridgehead atoms. The summed E-state index contributed by atoms with van der Waals surface area (Å²) in [7, 11) is 0. The summed E-state index contributed by atoms with van der Waals surface area (Å²) in [5, 5.41) is 10.5. The number of fused-ring (bicyclic) bond motifs is 1. The quantitative estimate of drug-likeness (QED) is 0.925. The monoisotopic (exact) mass is 307 g/mol. The van der Waals surface area contributed by atoms with Crippen molar-refractivity contribution in [2.24, 2.45) is 0 Å². The van der Waals surface area contributed by atoms with Gasteiger partial charge in [-0.2, -0.15) is 0 Å². The summed E-state index contributed by atoms with van der Waals surface area (Å²) in [6, 6.07) is 5.92. The predicted molar refractivity (Wildman–Crippen MR) is 77.5 cm³/mol. The molecule has 1 aromatic heterocycles. The molecule has 21 heavy (non-hydrogen) atoms. The van der Waals surface area contributed by atoms with E-state index in [2.05, 4.69) is 0 Å². The highest BCUT2D eigenvalue weighted by Crippen LogP contribution is 2.26. The van der Waals surface area contributed by atoms with E-state index in [1.165, 1.54) is 4.90 Å². The van der Waals surface area contributed by atoms with E-state index in [9.17, 15) is 14.7 Å². The Morgan fingerprint density at radius 3 is 2.86 bits per heavy atom. The lowest BCUT2D eigenvalue weighted by Crippen LogP contribution is -2.47. The lowest BCUT2D eigenvalue weighted by atomic mass is 10.0. The second-order valence-electron chi connectivity index (χ2n) is 5.14. The first-order valence-corrected chi connectivity index (χ1v) is 7.17. The topological polar surface area (TPSA) is 70.8 Å². The van der Waals surface area contributed by atoms with Crippen LogP contribution in [0.5, 0.6) is 0 Å². The number of benzene rings is 1. The van der Waals surface area contributed by atoms with Crippen molar-refractivity contribution in [3.8, 4) is 0 Å². The minimum atomic E-state index is -0.970. The molecule has 1 aromatic carbocycles. The van der Waals surface area contributed by atoms with E-state index in [1.54, 1.807) is 24.3 Å². The number of furan rings is 1. The van der Waals surface area contributed by atoms with Crippen LogP contribution in [-0.4, -0.2) is 34.5 Å². The molecule has 0 aliphatic carbocycles. The Labute approximate surface area is 126 Å². The molecule has 1 N–H and O–H groups in total. The molecule has 5 nitrogen and oxygen atoms in total. The lowest BCUT2D eigenvalue weighted by molar-refractivity contribution is -0.143. The Hall–Kier alpha value is -2.01. The van der Waals surface area contributed by atoms with Gasteiger partial charge in [0.2, 0.25) is 0 Å². The normalized spacial score (nSPS) is 18.9. The minimum absolute atomic E-state index is 0.153. The third-order valence-corrected chi connectivity index (χ3v) is 3.97. The number of nitrogens with zero attached hydrogens (tertiary/aromatic N) is 1. The zero-order chi connectivity index (χ0) is 15.0. The molecule has 1 fully saturated rings. The zero-order valence-electron chi connectivity index (χ0n) is 11.2. The summed E-state index contributed by atoms with van der Waals surface area (Å²) >= 11 is 5.91. The van der Waals surface area contributed by atoms with Crippen molar-refractivity contribution < 1.29 is 19.1 Å². The molecular weight excluding hydrogens is 294 g/mol. The van der Waals surface area contributed by atoms with Gasteiger partial charge < -0.3 is 14.4 Å². The first-order chi connectivity index (χ1) is 10.1. The number of likely N-dealkylation sites (tertiary alicyclic amines) is 1. The van der Waals surface area contributed by atoms with Crippen molar-refractivity contribution in [1.82, 2.24) is 4.90 Å². The zero-order valence-corrected chi connectivity index (χ0v) is 12.0. The maximum absolute atomic E-state index is 12.5. The van der Waals surface area contributed by atoms with Gasteiger partial charge in [-0.1, -0.05) is 11.6 Å². The summed E-state index contributed by atoms with van der Waals surface area (Å²) in [4.78, 5) is 25.2. The minimum Gasteiger partial charge on any atom is -0.480 e. The average Bonchev–Trinajstić information content (AvgIpc) is 2.89. The number of carboxylic acid groups (broad SMARTS) is 1. The molecule has 2 heterocycles. The van der Waals surface area contributed by atoms with Gasteiger partial charge in [0.25, 0.3) is 5.91 Å². The Morgan fingerprint density at radius 1 is 1.29 bits per heavy atom. The fraction of sp³-hybridized carbons (Fsp3) is 0.333. The molecule has 0 spiro atoms. The van der Waals surface area contributed by atoms with E-state index in [-0.39, 0.29) is 11.7 Å². The second-order valence-corrected chi connectivity index (χ2v) is 5.58. The van der Waals surface area contributed by atoms with Gasteiger partial charge in [0.05, 0.1) is 0 Å². The molecule has 1 saturated heterocycles. The standard InChI is InChI=1S/C15H14ClNO4/c16-10-4-5-12-9(7-10)8-13(21-12)14(18)17-6-2-1-3-11(17)15(19)20/h4-5,7-8,11H,1-3,6H2,(H,19,20). The molecule has 2 aromatic rings. The van der Waals surface area contributed by atoms with Crippen LogP contribution >= 0.6 is 11.6 Å². The number of carboxylic acids is 1. The second kappa shape index (κ2) is 5.41. The van der Waals surface area contributed by atoms with Gasteiger partial charge in [0.15, 0.2) is 5.76 Å². The molecule has 1 atom stereocenters. The maximum Gasteiger partial charge on any atom is 0.326 e. The van der Waals surface area contributed by atoms with Gasteiger partial charge in [-0.15, -0.1) is 0 Å². The third kappa shape index (κ3) is 2.61. The Balaban J connectivity index is 1.93.